The van der Waals surface area contributed by atoms with Gasteiger partial charge in [-0.1, -0.05) is 204 Å². The number of amides is 1. The van der Waals surface area contributed by atoms with E-state index in [0.717, 1.165) is 195 Å². The van der Waals surface area contributed by atoms with E-state index >= 15 is 0 Å². The van der Waals surface area contributed by atoms with Crippen LogP contribution in [0.2, 0.25) is 0 Å². The summed E-state index contributed by atoms with van der Waals surface area (Å²) in [5.41, 5.74) is 26.6. The van der Waals surface area contributed by atoms with E-state index in [9.17, 15) is 19.5 Å². The summed E-state index contributed by atoms with van der Waals surface area (Å²) in [6, 6.07) is 45.8. The number of piperidine rings is 5. The molecule has 10 aromatic rings. The average molecular weight is 2210 g/mol. The third-order valence-corrected chi connectivity index (χ3v) is 36.1. The van der Waals surface area contributed by atoms with Crippen LogP contribution in [0, 0.1) is 40.9 Å². The molecule has 1 amide bonds. The number of hydrogen-bond donors (Lipinski definition) is 2. The van der Waals surface area contributed by atoms with E-state index in [2.05, 4.69) is 291 Å². The van der Waals surface area contributed by atoms with Crippen molar-refractivity contribution in [3.05, 3.63) is 222 Å². The molecule has 5 aromatic heterocycles. The van der Waals surface area contributed by atoms with Crippen molar-refractivity contribution in [1.82, 2.24) is 52.4 Å². The minimum atomic E-state index is -0.744. The molecule has 150 heavy (non-hydrogen) atoms. The molecule has 5 aromatic carbocycles. The number of rotatable bonds is 21. The van der Waals surface area contributed by atoms with Gasteiger partial charge < -0.3 is 90.2 Å². The molecule has 10 atom stereocenters. The first-order valence-corrected chi connectivity index (χ1v) is 56.2. The molecule has 5 fully saturated rings. The van der Waals surface area contributed by atoms with Crippen molar-refractivity contribution in [2.45, 2.75) is 312 Å². The van der Waals surface area contributed by atoms with E-state index in [0.29, 0.717) is 49.0 Å². The number of hydrogen-bond acceptors (Lipinski definition) is 15. The average Bonchev–Trinajstić information content (AvgIpc) is 1.53. The second-order valence-electron chi connectivity index (χ2n) is 43.7. The van der Waals surface area contributed by atoms with Gasteiger partial charge in [-0.15, -0.1) is 12.4 Å². The Hall–Kier alpha value is -7.00. The van der Waals surface area contributed by atoms with E-state index in [1.54, 1.807) is 32.4 Å². The monoisotopic (exact) mass is 2210 g/mol. The number of halogens is 3. The van der Waals surface area contributed by atoms with Crippen LogP contribution >= 0.6 is 12.4 Å². The van der Waals surface area contributed by atoms with Gasteiger partial charge in [0, 0.05) is 129 Å². The quantitative estimate of drug-likeness (QED) is 0.0227. The number of carbonyl (C=O) groups excluding carboxylic acids is 3. The number of aromatic nitrogens is 5. The van der Waals surface area contributed by atoms with Gasteiger partial charge in [0.2, 0.25) is 0 Å². The summed E-state index contributed by atoms with van der Waals surface area (Å²) in [6.07, 6.45) is 44.5. The van der Waals surface area contributed by atoms with Gasteiger partial charge in [0.1, 0.15) is 29.8 Å². The number of nitrogens with two attached hydrogens (primary N) is 1. The normalized spacial score (nSPS) is 24.7. The van der Waals surface area contributed by atoms with Crippen LogP contribution in [-0.4, -0.2) is 233 Å². The first kappa shape index (κ1) is 120. The maximum atomic E-state index is 13.3. The second-order valence-corrected chi connectivity index (χ2v) is 43.7. The molecule has 0 aliphatic carbocycles. The Bertz CT molecular complexity index is 6480. The summed E-state index contributed by atoms with van der Waals surface area (Å²) < 4.78 is 17.3. The van der Waals surface area contributed by atoms with Crippen LogP contribution in [0.3, 0.4) is 0 Å². The number of oxime groups is 1. The maximum Gasteiger partial charge on any atom is 2.00 e. The first-order chi connectivity index (χ1) is 70.6. The summed E-state index contributed by atoms with van der Waals surface area (Å²) in [4.78, 5) is 67.2. The van der Waals surface area contributed by atoms with Gasteiger partial charge in [-0.3, -0.25) is 38.9 Å². The van der Waals surface area contributed by atoms with Gasteiger partial charge in [-0.2, -0.15) is 12.8 Å². The van der Waals surface area contributed by atoms with Gasteiger partial charge in [0.05, 0.1) is 95.7 Å². The number of nitrogens with zero attached hydrogens (tertiary/aromatic N) is 12. The van der Waals surface area contributed by atoms with Crippen molar-refractivity contribution in [2.75, 3.05) is 100 Å². The van der Waals surface area contributed by atoms with E-state index in [-0.39, 0.29) is 131 Å². The van der Waals surface area contributed by atoms with E-state index < -0.39 is 5.60 Å². The molecule has 802 valence electrons. The number of esters is 1. The van der Waals surface area contributed by atoms with Crippen LogP contribution in [0.5, 0.6) is 0 Å². The molecule has 26 heteroatoms. The zero-order chi connectivity index (χ0) is 102. The van der Waals surface area contributed by atoms with Crippen molar-refractivity contribution >= 4 is 165 Å². The number of likely N-dealkylation sites (N-methyl/N-ethyl adjacent to an activating group) is 1. The number of allylic oxidation sites excluding steroid dienone is 2. The summed E-state index contributed by atoms with van der Waals surface area (Å²) in [5, 5.41) is 24.7. The fourth-order valence-electron chi connectivity index (χ4n) is 30.0. The minimum Gasteiger partial charge on any atom is -1.00 e. The number of benzene rings is 5. The van der Waals surface area contributed by atoms with E-state index in [1.165, 1.54) is 203 Å². The Morgan fingerprint density at radius 2 is 0.680 bits per heavy atom. The predicted octanol–water partition coefficient (Wildman–Crippen LogP) is 19.6. The molecule has 0 radical (unpaired) electrons. The summed E-state index contributed by atoms with van der Waals surface area (Å²) in [6.45, 7) is 45.3. The molecule has 21 nitrogen and oxygen atoms in total. The number of carbonyl (C=O) groups is 3. The minimum absolute atomic E-state index is 0. The third-order valence-electron chi connectivity index (χ3n) is 36.1. The van der Waals surface area contributed by atoms with E-state index in [1.807, 2.05) is 20.8 Å². The zero-order valence-electron chi connectivity index (χ0n) is 93.1. The Balaban J connectivity index is 0.000000152. The Morgan fingerprint density at radius 3 is 0.980 bits per heavy atom. The molecule has 0 bridgehead atoms. The van der Waals surface area contributed by atoms with Crippen molar-refractivity contribution in [3.63, 3.8) is 0 Å². The Labute approximate surface area is 953 Å². The summed E-state index contributed by atoms with van der Waals surface area (Å²) in [5.74, 6) is 4.39. The van der Waals surface area contributed by atoms with Crippen LogP contribution in [0.1, 0.15) is 330 Å². The van der Waals surface area contributed by atoms with Gasteiger partial charge in [0.25, 0.3) is 5.91 Å². The largest absolute Gasteiger partial charge is 2.00 e. The third kappa shape index (κ3) is 20.6. The first-order valence-electron chi connectivity index (χ1n) is 56.2. The van der Waals surface area contributed by atoms with Crippen LogP contribution in [0.4, 0.5) is 0 Å². The molecule has 3 N–H and O–H groups in total. The molecule has 15 aliphatic rings. The maximum absolute atomic E-state index is 13.3. The fourth-order valence-corrected chi connectivity index (χ4v) is 30.0. The number of para-hydroxylation sites is 5. The van der Waals surface area contributed by atoms with Crippen molar-refractivity contribution in [2.24, 2.45) is 38.1 Å². The fraction of sp³-hybridized carbons (Fsp3) is 0.548. The van der Waals surface area contributed by atoms with Gasteiger partial charge >= 0.3 is 52.1 Å². The number of hydroxylamine groups is 2. The van der Waals surface area contributed by atoms with Crippen LogP contribution in [-0.2, 0) is 65.7 Å². The molecule has 0 spiro atoms. The topological polar surface area (TPSA) is 191 Å². The van der Waals surface area contributed by atoms with Gasteiger partial charge in [-0.25, -0.2) is 15.8 Å². The smallest absolute Gasteiger partial charge is 1.00 e. The number of aliphatic hydroxyl groups is 1. The number of fused-ring (bicyclic) bond motifs is 15. The van der Waals surface area contributed by atoms with Crippen LogP contribution < -0.4 is 39.9 Å². The second kappa shape index (κ2) is 51.1. The SMILES string of the molecule is CCC/C(=N\OC)C1=C[C@]2(CC)CCCN3CCc4c(n1c1ccccc41)[C@@H]32.CCCC(=O)C1=C[C@]2(CC)CCCN3CCc4c(n1c1ccccc41)[C@@H]32.CCCC(O)(CCC)C1=C[C@]2(CC)CCCN3CCc4c(n1c1ccccc41)[C@@H]32.CCOC(=O)C1=C[C@]2(CC)CCCN3CCc4c(n1c1ccccc41)[C@@H]32.CC[C@@]12C=C(C(=O)N(C)OC)n3c4c(c5ccccc53)CCN(CCC1)[C@H]42.CON.Cl.[Br-].[Br-].[CH2-]CC.[CH2-]CC.[Mg+2].[Mg+2]. The summed E-state index contributed by atoms with van der Waals surface area (Å²) >= 11 is 0. The number of ketones is 1. The Kier molecular flexibility index (Phi) is 40.9. The van der Waals surface area contributed by atoms with Gasteiger partial charge in [-0.05, 0) is 270 Å². The summed E-state index contributed by atoms with van der Waals surface area (Å²) in [7, 11) is 6.31. The molecule has 5 saturated heterocycles. The molecule has 20 heterocycles. The molecule has 25 rings (SSSR count). The van der Waals surface area contributed by atoms with Crippen molar-refractivity contribution in [3.8, 4) is 0 Å². The van der Waals surface area contributed by atoms with Crippen molar-refractivity contribution in [1.29, 1.82) is 0 Å². The van der Waals surface area contributed by atoms with Gasteiger partial charge in [0.15, 0.2) is 5.78 Å². The molecule has 15 aliphatic heterocycles. The predicted molar refractivity (Wildman–Crippen MR) is 613 cm³/mol. The molecular weight excluding hydrogens is 2040 g/mol. The van der Waals surface area contributed by atoms with Crippen molar-refractivity contribution < 1.29 is 72.7 Å². The standard InChI is InChI=1S/C26H36N2O.C24H31N3O.C23H28N2O.C22H27N3O2.C22H26N2O2.2C3H7.CH5NO.2BrH.ClH.2Mg/c1-4-13-26(29,14-5-2)22-18-25(6-3)15-9-16-27-17-12-20-19-10-7-8-11-21(19)28(22)23(20)24(25)27;1-4-9-19(25-28-3)21-16-24(5-2)13-8-14-26-15-12-18-17-10-6-7-11-20(17)27(21)22(18)23(24)26;1-3-8-20(26)19-15-23(4-2)12-7-13-24-14-11-17-16-9-5-6-10-18(16)25(19)21(17)22(23)24;1-4-22-11-7-12-24-13-10-16-15-8-5-6-9-17(15)25(19(16)20(22)24)18(14-22)21(26)23(2)27-3;1-3-22-11-7-12-23-13-10-16-15-8-5-6-9-17(15)24(19(16)20(22)23)18(14-22)21(25)26-4-2;3*1-3-2;;;;;/h7-8,10-11,18,24,29H,4-6,9,12-17H2,1-3H3;6-7,10-11,16,23H,4-5,8-9,12-15H2,1-3H3;5-6,9-10,15,22H,3-4,7-8,11-14H2,1-2H3;5-6,8-9,14,20H,4,7,10-13H2,1-3H3;5-6,8-9,14,20H,3-4,7,10-13H2,1-2H3;2*1,3H2,2H3;2H2,1H3;3*1H;;/q;;;;;2*-1;;;;;2*+2/p-2/b;25-19+;;;;;;;;;;;/t24-,25+;23-,24+;22-,23+;2*20-,22+;;;;;;;;/m11111......../s1. The van der Waals surface area contributed by atoms with Crippen LogP contribution in [0.25, 0.3) is 83.0 Å². The molecule has 0 unspecified atom stereocenters. The van der Waals surface area contributed by atoms with E-state index in [4.69, 9.17) is 14.4 Å². The van der Waals surface area contributed by atoms with Crippen LogP contribution in [0.15, 0.2) is 157 Å². The molecule has 0 saturated carbocycles. The molecular formula is C124H168Br2ClMg2N13O8. The number of Topliss-reactive ketones (excluding diaryl/α,β-unsaturated/α-hetero) is 1. The number of ether oxygens (including phenoxy) is 1. The Morgan fingerprint density at radius 1 is 0.407 bits per heavy atom. The zero-order valence-corrected chi connectivity index (χ0v) is 99.9.